The van der Waals surface area contributed by atoms with Crippen LogP contribution in [0.5, 0.6) is 0 Å². The number of nitrogens with one attached hydrogen (secondary N) is 1. The first-order valence-electron chi connectivity index (χ1n) is 6.53. The third-order valence-corrected chi connectivity index (χ3v) is 4.00. The first-order chi connectivity index (χ1) is 8.29. The van der Waals surface area contributed by atoms with E-state index in [0.717, 1.165) is 22.8 Å². The zero-order valence-electron chi connectivity index (χ0n) is 10.3. The Labute approximate surface area is 112 Å². The highest BCUT2D eigenvalue weighted by atomic mass is 79.9. The second-order valence-electron chi connectivity index (χ2n) is 4.78. The van der Waals surface area contributed by atoms with Crippen LogP contribution in [0, 0.1) is 5.92 Å². The van der Waals surface area contributed by atoms with Crippen molar-refractivity contribution in [3.63, 3.8) is 0 Å². The van der Waals surface area contributed by atoms with Crippen molar-refractivity contribution in [2.24, 2.45) is 5.92 Å². The molecule has 1 fully saturated rings. The third-order valence-electron chi connectivity index (χ3n) is 3.59. The maximum atomic E-state index is 4.29. The Kier molecular flexibility index (Phi) is 4.77. The number of rotatable bonds is 4. The van der Waals surface area contributed by atoms with Gasteiger partial charge in [0.1, 0.15) is 0 Å². The van der Waals surface area contributed by atoms with Gasteiger partial charge in [-0.2, -0.15) is 0 Å². The van der Waals surface area contributed by atoms with Gasteiger partial charge in [-0.25, -0.2) is 9.97 Å². The van der Waals surface area contributed by atoms with Crippen molar-refractivity contribution in [3.8, 4) is 0 Å². The van der Waals surface area contributed by atoms with E-state index in [4.69, 9.17) is 0 Å². The minimum absolute atomic E-state index is 0.525. The molecule has 0 aromatic carbocycles. The molecule has 0 spiro atoms. The molecule has 17 heavy (non-hydrogen) atoms. The predicted molar refractivity (Wildman–Crippen MR) is 74.0 cm³/mol. The minimum Gasteiger partial charge on any atom is -0.351 e. The number of anilines is 1. The molecule has 94 valence electrons. The Morgan fingerprint density at radius 3 is 2.53 bits per heavy atom. The normalized spacial score (nSPS) is 18.9. The lowest BCUT2D eigenvalue weighted by Crippen LogP contribution is -2.30. The summed E-state index contributed by atoms with van der Waals surface area (Å²) in [5.41, 5.74) is 0. The molecule has 1 unspecified atom stereocenters. The Hall–Kier alpha value is -0.640. The molecular formula is C13H20BrN3. The van der Waals surface area contributed by atoms with Crippen molar-refractivity contribution in [1.29, 1.82) is 0 Å². The second kappa shape index (κ2) is 6.34. The zero-order valence-corrected chi connectivity index (χ0v) is 11.9. The predicted octanol–water partition coefficient (Wildman–Crippen LogP) is 4.01. The number of hydrogen-bond acceptors (Lipinski definition) is 3. The van der Waals surface area contributed by atoms with Gasteiger partial charge >= 0.3 is 0 Å². The summed E-state index contributed by atoms with van der Waals surface area (Å²) in [5, 5.41) is 3.48. The minimum atomic E-state index is 0.525. The molecule has 0 bridgehead atoms. The molecule has 0 radical (unpaired) electrons. The SMILES string of the molecule is CCC(Nc1ncc(Br)cn1)C1CCCCC1. The van der Waals surface area contributed by atoms with Crippen LogP contribution in [0.1, 0.15) is 45.4 Å². The van der Waals surface area contributed by atoms with E-state index < -0.39 is 0 Å². The summed E-state index contributed by atoms with van der Waals surface area (Å²) in [7, 11) is 0. The fraction of sp³-hybridized carbons (Fsp3) is 0.692. The fourth-order valence-corrected chi connectivity index (χ4v) is 2.85. The summed E-state index contributed by atoms with van der Waals surface area (Å²) in [6.07, 6.45) is 11.6. The maximum absolute atomic E-state index is 4.29. The van der Waals surface area contributed by atoms with Gasteiger partial charge < -0.3 is 5.32 Å². The van der Waals surface area contributed by atoms with Crippen LogP contribution in [0.15, 0.2) is 16.9 Å². The Morgan fingerprint density at radius 2 is 1.94 bits per heavy atom. The highest BCUT2D eigenvalue weighted by Gasteiger charge is 2.22. The third kappa shape index (κ3) is 3.66. The van der Waals surface area contributed by atoms with E-state index in [1.54, 1.807) is 12.4 Å². The monoisotopic (exact) mass is 297 g/mol. The van der Waals surface area contributed by atoms with Gasteiger partial charge in [-0.1, -0.05) is 26.2 Å². The topological polar surface area (TPSA) is 37.8 Å². The van der Waals surface area contributed by atoms with Crippen LogP contribution in [-0.4, -0.2) is 16.0 Å². The van der Waals surface area contributed by atoms with Crippen molar-refractivity contribution in [2.75, 3.05) is 5.32 Å². The van der Waals surface area contributed by atoms with Crippen LogP contribution < -0.4 is 5.32 Å². The van der Waals surface area contributed by atoms with Crippen LogP contribution in [0.3, 0.4) is 0 Å². The van der Waals surface area contributed by atoms with Crippen LogP contribution in [0.2, 0.25) is 0 Å². The highest BCUT2D eigenvalue weighted by molar-refractivity contribution is 9.10. The van der Waals surface area contributed by atoms with E-state index in [9.17, 15) is 0 Å². The summed E-state index contributed by atoms with van der Waals surface area (Å²) >= 11 is 3.35. The molecule has 4 heteroatoms. The van der Waals surface area contributed by atoms with Gasteiger partial charge in [0.15, 0.2) is 0 Å². The highest BCUT2D eigenvalue weighted by Crippen LogP contribution is 2.29. The second-order valence-corrected chi connectivity index (χ2v) is 5.70. The number of halogens is 1. The fourth-order valence-electron chi connectivity index (χ4n) is 2.64. The molecule has 0 aliphatic heterocycles. The van der Waals surface area contributed by atoms with Gasteiger partial charge in [0.25, 0.3) is 0 Å². The molecular weight excluding hydrogens is 278 g/mol. The molecule has 1 aromatic rings. The zero-order chi connectivity index (χ0) is 12.1. The molecule has 1 atom stereocenters. The Morgan fingerprint density at radius 1 is 1.29 bits per heavy atom. The van der Waals surface area contributed by atoms with Gasteiger partial charge in [-0.3, -0.25) is 0 Å². The van der Waals surface area contributed by atoms with Crippen LogP contribution >= 0.6 is 15.9 Å². The van der Waals surface area contributed by atoms with Crippen molar-refractivity contribution in [3.05, 3.63) is 16.9 Å². The van der Waals surface area contributed by atoms with E-state index in [-0.39, 0.29) is 0 Å². The van der Waals surface area contributed by atoms with Gasteiger partial charge in [-0.05, 0) is 41.1 Å². The Bertz CT molecular complexity index is 333. The molecule has 2 rings (SSSR count). The van der Waals surface area contributed by atoms with Gasteiger partial charge in [-0.15, -0.1) is 0 Å². The van der Waals surface area contributed by atoms with E-state index in [1.165, 1.54) is 32.1 Å². The van der Waals surface area contributed by atoms with Crippen molar-refractivity contribution >= 4 is 21.9 Å². The lowest BCUT2D eigenvalue weighted by atomic mass is 9.83. The summed E-state index contributed by atoms with van der Waals surface area (Å²) in [5.74, 6) is 1.55. The first kappa shape index (κ1) is 12.8. The lowest BCUT2D eigenvalue weighted by Gasteiger charge is -2.30. The van der Waals surface area contributed by atoms with Crippen LogP contribution in [0.25, 0.3) is 0 Å². The van der Waals surface area contributed by atoms with E-state index in [2.05, 4.69) is 38.1 Å². The molecule has 1 aromatic heterocycles. The average molecular weight is 298 g/mol. The van der Waals surface area contributed by atoms with Crippen molar-refractivity contribution in [2.45, 2.75) is 51.5 Å². The van der Waals surface area contributed by atoms with E-state index in [1.807, 2.05) is 0 Å². The summed E-state index contributed by atoms with van der Waals surface area (Å²) in [4.78, 5) is 8.58. The number of hydrogen-bond donors (Lipinski definition) is 1. The summed E-state index contributed by atoms with van der Waals surface area (Å²) in [6.45, 7) is 2.24. The molecule has 1 N–H and O–H groups in total. The molecule has 1 aliphatic carbocycles. The van der Waals surface area contributed by atoms with Crippen molar-refractivity contribution in [1.82, 2.24) is 9.97 Å². The van der Waals surface area contributed by atoms with Gasteiger partial charge in [0.05, 0.1) is 4.47 Å². The Balaban J connectivity index is 1.96. The average Bonchev–Trinajstić information content (AvgIpc) is 2.39. The maximum Gasteiger partial charge on any atom is 0.222 e. The number of aromatic nitrogens is 2. The molecule has 3 nitrogen and oxygen atoms in total. The molecule has 1 heterocycles. The smallest absolute Gasteiger partial charge is 0.222 e. The molecule has 0 amide bonds. The number of nitrogens with zero attached hydrogens (tertiary/aromatic N) is 2. The standard InChI is InChI=1S/C13H20BrN3/c1-2-12(10-6-4-3-5-7-10)17-13-15-8-11(14)9-16-13/h8-10,12H,2-7H2,1H3,(H,15,16,17). The van der Waals surface area contributed by atoms with Crippen molar-refractivity contribution < 1.29 is 0 Å². The molecule has 1 aliphatic rings. The van der Waals surface area contributed by atoms with E-state index in [0.29, 0.717) is 6.04 Å². The first-order valence-corrected chi connectivity index (χ1v) is 7.33. The molecule has 1 saturated carbocycles. The lowest BCUT2D eigenvalue weighted by molar-refractivity contribution is 0.312. The largest absolute Gasteiger partial charge is 0.351 e. The summed E-state index contributed by atoms with van der Waals surface area (Å²) in [6, 6.07) is 0.525. The quantitative estimate of drug-likeness (QED) is 0.912. The van der Waals surface area contributed by atoms with E-state index >= 15 is 0 Å². The summed E-state index contributed by atoms with van der Waals surface area (Å²) < 4.78 is 0.925. The van der Waals surface area contributed by atoms with Gasteiger partial charge in [0.2, 0.25) is 5.95 Å². The van der Waals surface area contributed by atoms with Crippen LogP contribution in [0.4, 0.5) is 5.95 Å². The molecule has 0 saturated heterocycles. The van der Waals surface area contributed by atoms with Crippen LogP contribution in [-0.2, 0) is 0 Å². The van der Waals surface area contributed by atoms with Gasteiger partial charge in [0, 0.05) is 18.4 Å².